The summed E-state index contributed by atoms with van der Waals surface area (Å²) in [5, 5.41) is 3.38. The molecular weight excluding hydrogens is 174 g/mol. The number of hydrogen-bond acceptors (Lipinski definition) is 3. The molecule has 0 atom stereocenters. The molecule has 3 nitrogen and oxygen atoms in total. The number of aromatic nitrogens is 2. The second-order valence-corrected chi connectivity index (χ2v) is 4.56. The average Bonchev–Trinajstić information content (AvgIpc) is 2.12. The van der Waals surface area contributed by atoms with Gasteiger partial charge in [0.2, 0.25) is 0 Å². The molecule has 0 unspecified atom stereocenters. The Morgan fingerprint density at radius 3 is 2.79 bits per heavy atom. The van der Waals surface area contributed by atoms with Gasteiger partial charge in [0.25, 0.3) is 0 Å². The second-order valence-electron chi connectivity index (χ2n) is 4.56. The maximum absolute atomic E-state index is 4.18. The largest absolute Gasteiger partial charge is 0.369 e. The molecule has 1 aliphatic rings. The fraction of sp³-hybridized carbons (Fsp3) is 0.636. The van der Waals surface area contributed by atoms with Crippen LogP contribution in [-0.2, 0) is 0 Å². The van der Waals surface area contributed by atoms with Gasteiger partial charge in [-0.1, -0.05) is 13.3 Å². The van der Waals surface area contributed by atoms with Crippen molar-refractivity contribution in [1.29, 1.82) is 0 Å². The topological polar surface area (TPSA) is 37.8 Å². The van der Waals surface area contributed by atoms with Crippen molar-refractivity contribution in [1.82, 2.24) is 9.97 Å². The Hall–Kier alpha value is -1.12. The molecule has 1 aromatic rings. The first kappa shape index (κ1) is 9.44. The molecule has 1 saturated carbocycles. The van der Waals surface area contributed by atoms with E-state index in [0.717, 1.165) is 18.1 Å². The third kappa shape index (κ3) is 2.03. The van der Waals surface area contributed by atoms with Gasteiger partial charge in [-0.3, -0.25) is 0 Å². The van der Waals surface area contributed by atoms with Gasteiger partial charge in [0.05, 0.1) is 0 Å². The van der Waals surface area contributed by atoms with Crippen LogP contribution in [0.3, 0.4) is 0 Å². The van der Waals surface area contributed by atoms with Gasteiger partial charge in [0.1, 0.15) is 12.1 Å². The summed E-state index contributed by atoms with van der Waals surface area (Å²) in [6.45, 7) is 5.35. The molecular formula is C11H17N3. The predicted molar refractivity (Wildman–Crippen MR) is 57.2 cm³/mol. The maximum atomic E-state index is 4.18. The van der Waals surface area contributed by atoms with E-state index in [9.17, 15) is 0 Å². The van der Waals surface area contributed by atoms with Crippen molar-refractivity contribution in [3.8, 4) is 0 Å². The van der Waals surface area contributed by atoms with Crippen LogP contribution in [0.25, 0.3) is 0 Å². The molecule has 76 valence electrons. The zero-order valence-corrected chi connectivity index (χ0v) is 8.88. The molecule has 1 aliphatic carbocycles. The van der Waals surface area contributed by atoms with Crippen LogP contribution in [0, 0.1) is 12.3 Å². The van der Waals surface area contributed by atoms with E-state index in [-0.39, 0.29) is 0 Å². The normalized spacial score (nSPS) is 18.7. The van der Waals surface area contributed by atoms with Crippen molar-refractivity contribution in [2.45, 2.75) is 33.1 Å². The molecule has 0 radical (unpaired) electrons. The molecule has 0 bridgehead atoms. The summed E-state index contributed by atoms with van der Waals surface area (Å²) in [6, 6.07) is 1.99. The van der Waals surface area contributed by atoms with Gasteiger partial charge < -0.3 is 5.32 Å². The first-order valence-electron chi connectivity index (χ1n) is 5.21. The van der Waals surface area contributed by atoms with E-state index in [4.69, 9.17) is 0 Å². The highest BCUT2D eigenvalue weighted by Gasteiger charge is 2.31. The predicted octanol–water partition coefficient (Wildman–Crippen LogP) is 2.39. The Labute approximate surface area is 85.0 Å². The van der Waals surface area contributed by atoms with Crippen molar-refractivity contribution in [2.24, 2.45) is 5.41 Å². The van der Waals surface area contributed by atoms with Crippen LogP contribution < -0.4 is 5.32 Å². The van der Waals surface area contributed by atoms with Crippen molar-refractivity contribution < 1.29 is 0 Å². The summed E-state index contributed by atoms with van der Waals surface area (Å²) >= 11 is 0. The van der Waals surface area contributed by atoms with Crippen LogP contribution in [0.5, 0.6) is 0 Å². The van der Waals surface area contributed by atoms with E-state index in [1.165, 1.54) is 19.3 Å². The van der Waals surface area contributed by atoms with Crippen molar-refractivity contribution >= 4 is 5.82 Å². The van der Waals surface area contributed by atoms with E-state index in [1.807, 2.05) is 13.0 Å². The molecule has 0 spiro atoms. The van der Waals surface area contributed by atoms with Crippen LogP contribution in [0.4, 0.5) is 5.82 Å². The summed E-state index contributed by atoms with van der Waals surface area (Å²) in [5.74, 6) is 0.950. The number of aryl methyl sites for hydroxylation is 1. The number of anilines is 1. The molecule has 0 saturated heterocycles. The number of nitrogens with one attached hydrogen (secondary N) is 1. The van der Waals surface area contributed by atoms with Crippen LogP contribution in [0.2, 0.25) is 0 Å². The molecule has 0 aliphatic heterocycles. The third-order valence-electron chi connectivity index (χ3n) is 3.06. The van der Waals surface area contributed by atoms with E-state index >= 15 is 0 Å². The second kappa shape index (κ2) is 3.56. The SMILES string of the molecule is Cc1cc(NCC2(C)CCC2)ncn1. The van der Waals surface area contributed by atoms with Gasteiger partial charge in [0, 0.05) is 18.3 Å². The zero-order chi connectivity index (χ0) is 10.0. The Morgan fingerprint density at radius 2 is 2.21 bits per heavy atom. The summed E-state index contributed by atoms with van der Waals surface area (Å²) in [5.41, 5.74) is 1.51. The minimum absolute atomic E-state index is 0.499. The van der Waals surface area contributed by atoms with Gasteiger partial charge in [-0.2, -0.15) is 0 Å². The number of nitrogens with zero attached hydrogens (tertiary/aromatic N) is 2. The highest BCUT2D eigenvalue weighted by Crippen LogP contribution is 2.39. The van der Waals surface area contributed by atoms with Gasteiger partial charge >= 0.3 is 0 Å². The summed E-state index contributed by atoms with van der Waals surface area (Å²) in [6.07, 6.45) is 5.66. The van der Waals surface area contributed by atoms with Crippen LogP contribution >= 0.6 is 0 Å². The number of hydrogen-bond donors (Lipinski definition) is 1. The van der Waals surface area contributed by atoms with Crippen LogP contribution in [0.1, 0.15) is 31.9 Å². The van der Waals surface area contributed by atoms with Gasteiger partial charge in [-0.05, 0) is 25.2 Å². The van der Waals surface area contributed by atoms with E-state index in [0.29, 0.717) is 5.41 Å². The number of rotatable bonds is 3. The fourth-order valence-electron chi connectivity index (χ4n) is 1.81. The van der Waals surface area contributed by atoms with Gasteiger partial charge in [-0.15, -0.1) is 0 Å². The molecule has 1 heterocycles. The van der Waals surface area contributed by atoms with Crippen LogP contribution in [-0.4, -0.2) is 16.5 Å². The first-order valence-corrected chi connectivity index (χ1v) is 5.21. The molecule has 1 fully saturated rings. The molecule has 0 amide bonds. The quantitative estimate of drug-likeness (QED) is 0.797. The van der Waals surface area contributed by atoms with Crippen molar-refractivity contribution in [2.75, 3.05) is 11.9 Å². The lowest BCUT2D eigenvalue weighted by atomic mass is 9.70. The van der Waals surface area contributed by atoms with E-state index < -0.39 is 0 Å². The van der Waals surface area contributed by atoms with Crippen molar-refractivity contribution in [3.63, 3.8) is 0 Å². The lowest BCUT2D eigenvalue weighted by molar-refractivity contribution is 0.180. The molecule has 1 N–H and O–H groups in total. The Morgan fingerprint density at radius 1 is 1.43 bits per heavy atom. The third-order valence-corrected chi connectivity index (χ3v) is 3.06. The fourth-order valence-corrected chi connectivity index (χ4v) is 1.81. The summed E-state index contributed by atoms with van der Waals surface area (Å²) < 4.78 is 0. The highest BCUT2D eigenvalue weighted by molar-refractivity contribution is 5.34. The molecule has 0 aromatic carbocycles. The Kier molecular flexibility index (Phi) is 2.40. The standard InChI is InChI=1S/C11H17N3/c1-9-6-10(14-8-13-9)12-7-11(2)4-3-5-11/h6,8H,3-5,7H2,1-2H3,(H,12,13,14). The lowest BCUT2D eigenvalue weighted by Gasteiger charge is -2.38. The van der Waals surface area contributed by atoms with E-state index in [2.05, 4.69) is 22.2 Å². The van der Waals surface area contributed by atoms with Crippen molar-refractivity contribution in [3.05, 3.63) is 18.1 Å². The monoisotopic (exact) mass is 191 g/mol. The van der Waals surface area contributed by atoms with Gasteiger partial charge in [0.15, 0.2) is 0 Å². The molecule has 3 heteroatoms. The average molecular weight is 191 g/mol. The summed E-state index contributed by atoms with van der Waals surface area (Å²) in [7, 11) is 0. The zero-order valence-electron chi connectivity index (χ0n) is 8.88. The molecule has 1 aromatic heterocycles. The first-order chi connectivity index (χ1) is 6.68. The van der Waals surface area contributed by atoms with E-state index in [1.54, 1.807) is 6.33 Å². The summed E-state index contributed by atoms with van der Waals surface area (Å²) in [4.78, 5) is 8.25. The molecule has 2 rings (SSSR count). The smallest absolute Gasteiger partial charge is 0.129 e. The highest BCUT2D eigenvalue weighted by atomic mass is 15.0. The Bertz CT molecular complexity index is 318. The van der Waals surface area contributed by atoms with Crippen LogP contribution in [0.15, 0.2) is 12.4 Å². The minimum Gasteiger partial charge on any atom is -0.369 e. The maximum Gasteiger partial charge on any atom is 0.129 e. The minimum atomic E-state index is 0.499. The van der Waals surface area contributed by atoms with Gasteiger partial charge in [-0.25, -0.2) is 9.97 Å². The Balaban J connectivity index is 1.91. The lowest BCUT2D eigenvalue weighted by Crippen LogP contribution is -2.33. The molecule has 14 heavy (non-hydrogen) atoms.